The molecule has 4 nitrogen and oxygen atoms in total. The average molecular weight is 286 g/mol. The summed E-state index contributed by atoms with van der Waals surface area (Å²) in [6.07, 6.45) is 3.24. The van der Waals surface area contributed by atoms with Crippen molar-refractivity contribution in [3.05, 3.63) is 0 Å². The van der Waals surface area contributed by atoms with E-state index < -0.39 is 0 Å². The molecule has 0 fully saturated rings. The lowest BCUT2D eigenvalue weighted by atomic mass is 9.72. The van der Waals surface area contributed by atoms with Gasteiger partial charge in [0.2, 0.25) is 0 Å². The van der Waals surface area contributed by atoms with Crippen molar-refractivity contribution in [3.63, 3.8) is 0 Å². The van der Waals surface area contributed by atoms with Crippen molar-refractivity contribution in [2.75, 3.05) is 13.2 Å². The summed E-state index contributed by atoms with van der Waals surface area (Å²) in [5.74, 6) is 0.0303. The normalized spacial score (nSPS) is 12.8. The van der Waals surface area contributed by atoms with Gasteiger partial charge >= 0.3 is 11.9 Å². The Morgan fingerprint density at radius 1 is 0.950 bits per heavy atom. The Kier molecular flexibility index (Phi) is 9.26. The maximum atomic E-state index is 11.9. The molecule has 0 heterocycles. The molecule has 0 aliphatic carbocycles. The fourth-order valence-corrected chi connectivity index (χ4v) is 2.52. The topological polar surface area (TPSA) is 52.6 Å². The number of rotatable bonds is 10. The van der Waals surface area contributed by atoms with Crippen LogP contribution in [-0.2, 0) is 19.1 Å². The quantitative estimate of drug-likeness (QED) is 0.574. The summed E-state index contributed by atoms with van der Waals surface area (Å²) >= 11 is 0. The van der Waals surface area contributed by atoms with Crippen LogP contribution in [0.3, 0.4) is 0 Å². The van der Waals surface area contributed by atoms with Crippen molar-refractivity contribution >= 4 is 11.9 Å². The second-order valence-corrected chi connectivity index (χ2v) is 5.53. The van der Waals surface area contributed by atoms with Gasteiger partial charge in [0, 0.05) is 0 Å². The van der Waals surface area contributed by atoms with Gasteiger partial charge in [-0.25, -0.2) is 0 Å². The van der Waals surface area contributed by atoms with E-state index in [-0.39, 0.29) is 17.4 Å². The monoisotopic (exact) mass is 286 g/mol. The van der Waals surface area contributed by atoms with Gasteiger partial charge in [-0.15, -0.1) is 0 Å². The van der Waals surface area contributed by atoms with E-state index in [1.54, 1.807) is 13.8 Å². The molecular formula is C16H30O4. The van der Waals surface area contributed by atoms with Gasteiger partial charge in [-0.3, -0.25) is 9.59 Å². The first kappa shape index (κ1) is 18.9. The lowest BCUT2D eigenvalue weighted by molar-refractivity contribution is -0.151. The standard InChI is InChI=1S/C16H30O4/c1-6-13(5)10-16(7-2,11-14(17)19-8-3)12-15(18)20-9-4/h13H,6-12H2,1-5H3. The molecule has 0 aromatic rings. The fourth-order valence-electron chi connectivity index (χ4n) is 2.52. The number of ether oxygens (including phenoxy) is 2. The lowest BCUT2D eigenvalue weighted by Crippen LogP contribution is -2.31. The Morgan fingerprint density at radius 3 is 1.70 bits per heavy atom. The van der Waals surface area contributed by atoms with E-state index in [1.165, 1.54) is 0 Å². The maximum Gasteiger partial charge on any atom is 0.306 e. The highest BCUT2D eigenvalue weighted by atomic mass is 16.5. The number of carbonyl (C=O) groups is 2. The van der Waals surface area contributed by atoms with E-state index >= 15 is 0 Å². The molecule has 118 valence electrons. The second kappa shape index (κ2) is 9.78. The molecule has 0 saturated heterocycles. The third-order valence-corrected chi connectivity index (χ3v) is 3.88. The zero-order valence-electron chi connectivity index (χ0n) is 13.7. The van der Waals surface area contributed by atoms with Crippen LogP contribution >= 0.6 is 0 Å². The summed E-state index contributed by atoms with van der Waals surface area (Å²) < 4.78 is 10.1. The smallest absolute Gasteiger partial charge is 0.306 e. The number of esters is 2. The molecule has 1 unspecified atom stereocenters. The molecule has 0 aromatic heterocycles. The molecule has 0 aliphatic rings. The number of hydrogen-bond donors (Lipinski definition) is 0. The van der Waals surface area contributed by atoms with Crippen LogP contribution in [0.25, 0.3) is 0 Å². The zero-order valence-corrected chi connectivity index (χ0v) is 13.7. The SMILES string of the molecule is CCOC(=O)CC(CC)(CC(=O)OCC)CC(C)CC. The van der Waals surface area contributed by atoms with Gasteiger partial charge in [-0.1, -0.05) is 27.2 Å². The van der Waals surface area contributed by atoms with Crippen LogP contribution in [0.4, 0.5) is 0 Å². The molecule has 0 N–H and O–H groups in total. The van der Waals surface area contributed by atoms with Crippen molar-refractivity contribution < 1.29 is 19.1 Å². The molecule has 20 heavy (non-hydrogen) atoms. The third kappa shape index (κ3) is 6.92. The van der Waals surface area contributed by atoms with E-state index in [9.17, 15) is 9.59 Å². The van der Waals surface area contributed by atoms with E-state index in [0.29, 0.717) is 32.0 Å². The van der Waals surface area contributed by atoms with Crippen LogP contribution in [0.15, 0.2) is 0 Å². The van der Waals surface area contributed by atoms with Crippen LogP contribution in [0.2, 0.25) is 0 Å². The molecule has 0 bridgehead atoms. The van der Waals surface area contributed by atoms with Crippen molar-refractivity contribution in [2.45, 2.75) is 66.7 Å². The van der Waals surface area contributed by atoms with Crippen molar-refractivity contribution in [2.24, 2.45) is 11.3 Å². The number of carbonyl (C=O) groups excluding carboxylic acids is 2. The first-order valence-electron chi connectivity index (χ1n) is 7.74. The fraction of sp³-hybridized carbons (Fsp3) is 0.875. The summed E-state index contributed by atoms with van der Waals surface area (Å²) in [5, 5.41) is 0. The van der Waals surface area contributed by atoms with Gasteiger partial charge in [0.1, 0.15) is 0 Å². The van der Waals surface area contributed by atoms with E-state index in [2.05, 4.69) is 13.8 Å². The van der Waals surface area contributed by atoms with Crippen molar-refractivity contribution in [1.82, 2.24) is 0 Å². The second-order valence-electron chi connectivity index (χ2n) is 5.53. The van der Waals surface area contributed by atoms with Crippen molar-refractivity contribution in [3.8, 4) is 0 Å². The van der Waals surface area contributed by atoms with E-state index in [0.717, 1.165) is 19.3 Å². The highest BCUT2D eigenvalue weighted by Crippen LogP contribution is 2.39. The summed E-state index contributed by atoms with van der Waals surface area (Å²) in [5.41, 5.74) is -0.339. The van der Waals surface area contributed by atoms with E-state index in [4.69, 9.17) is 9.47 Å². The summed E-state index contributed by atoms with van der Waals surface area (Å²) in [7, 11) is 0. The molecule has 0 saturated carbocycles. The first-order chi connectivity index (χ1) is 9.42. The molecule has 0 radical (unpaired) electrons. The minimum Gasteiger partial charge on any atom is -0.466 e. The Morgan fingerprint density at radius 2 is 1.40 bits per heavy atom. The summed E-state index contributed by atoms with van der Waals surface area (Å²) in [6, 6.07) is 0. The molecule has 0 aromatic carbocycles. The molecular weight excluding hydrogens is 256 g/mol. The molecule has 0 spiro atoms. The molecule has 0 rings (SSSR count). The molecule has 0 amide bonds. The molecule has 0 aliphatic heterocycles. The van der Waals surface area contributed by atoms with Crippen LogP contribution < -0.4 is 0 Å². The minimum atomic E-state index is -0.339. The molecule has 4 heteroatoms. The van der Waals surface area contributed by atoms with Gasteiger partial charge in [0.15, 0.2) is 0 Å². The van der Waals surface area contributed by atoms with E-state index in [1.807, 2.05) is 6.92 Å². The van der Waals surface area contributed by atoms with Gasteiger partial charge in [-0.05, 0) is 38.0 Å². The van der Waals surface area contributed by atoms with Gasteiger partial charge in [0.05, 0.1) is 26.1 Å². The van der Waals surface area contributed by atoms with Crippen LogP contribution in [0, 0.1) is 11.3 Å². The predicted molar refractivity (Wildman–Crippen MR) is 79.3 cm³/mol. The molecule has 1 atom stereocenters. The maximum absolute atomic E-state index is 11.9. The largest absolute Gasteiger partial charge is 0.466 e. The zero-order chi connectivity index (χ0) is 15.6. The lowest BCUT2D eigenvalue weighted by Gasteiger charge is -2.33. The Labute approximate surface area is 123 Å². The highest BCUT2D eigenvalue weighted by Gasteiger charge is 2.35. The Bertz CT molecular complexity index is 279. The summed E-state index contributed by atoms with van der Waals surface area (Å²) in [4.78, 5) is 23.7. The van der Waals surface area contributed by atoms with Gasteiger partial charge < -0.3 is 9.47 Å². The van der Waals surface area contributed by atoms with Crippen LogP contribution in [-0.4, -0.2) is 25.2 Å². The van der Waals surface area contributed by atoms with Crippen LogP contribution in [0.1, 0.15) is 66.7 Å². The third-order valence-electron chi connectivity index (χ3n) is 3.88. The number of hydrogen-bond acceptors (Lipinski definition) is 4. The van der Waals surface area contributed by atoms with Crippen LogP contribution in [0.5, 0.6) is 0 Å². The van der Waals surface area contributed by atoms with Crippen molar-refractivity contribution in [1.29, 1.82) is 0 Å². The Hall–Kier alpha value is -1.06. The van der Waals surface area contributed by atoms with Gasteiger partial charge in [0.25, 0.3) is 0 Å². The average Bonchev–Trinajstić information content (AvgIpc) is 2.38. The predicted octanol–water partition coefficient (Wildman–Crippen LogP) is 3.73. The van der Waals surface area contributed by atoms with Gasteiger partial charge in [-0.2, -0.15) is 0 Å². The summed E-state index contributed by atoms with van der Waals surface area (Å²) in [6.45, 7) is 10.7. The minimum absolute atomic E-state index is 0.220. The first-order valence-corrected chi connectivity index (χ1v) is 7.74. The Balaban J connectivity index is 4.95. The highest BCUT2D eigenvalue weighted by molar-refractivity contribution is 5.74.